The number of esters is 1. The third-order valence-corrected chi connectivity index (χ3v) is 3.65. The Balaban J connectivity index is 2.14. The molecule has 23 heavy (non-hydrogen) atoms. The monoisotopic (exact) mass is 335 g/mol. The van der Waals surface area contributed by atoms with Gasteiger partial charge in [0.15, 0.2) is 6.61 Å². The predicted molar refractivity (Wildman–Crippen MR) is 86.5 cm³/mol. The number of benzene rings is 1. The fraction of sp³-hybridized carbons (Fsp3) is 0.312. The van der Waals surface area contributed by atoms with E-state index in [2.05, 4.69) is 5.10 Å². The minimum Gasteiger partial charge on any atom is -0.452 e. The molecule has 0 aliphatic heterocycles. The highest BCUT2D eigenvalue weighted by Crippen LogP contribution is 2.21. The third-order valence-electron chi connectivity index (χ3n) is 3.27. The van der Waals surface area contributed by atoms with Gasteiger partial charge in [0, 0.05) is 14.1 Å². The number of halogens is 1. The number of nitrogens with zero attached hydrogens (tertiary/aromatic N) is 3. The second-order valence-electron chi connectivity index (χ2n) is 5.26. The van der Waals surface area contributed by atoms with Gasteiger partial charge in [0.1, 0.15) is 10.7 Å². The van der Waals surface area contributed by atoms with Crippen molar-refractivity contribution in [1.29, 1.82) is 0 Å². The van der Waals surface area contributed by atoms with Gasteiger partial charge in [-0.05, 0) is 12.5 Å². The Hall–Kier alpha value is -2.34. The topological polar surface area (TPSA) is 64.4 Å². The molecule has 0 fully saturated rings. The van der Waals surface area contributed by atoms with Gasteiger partial charge in [-0.3, -0.25) is 4.79 Å². The zero-order valence-corrected chi connectivity index (χ0v) is 14.0. The molecule has 0 unspecified atom stereocenters. The molecule has 0 saturated carbocycles. The van der Waals surface area contributed by atoms with Crippen molar-refractivity contribution in [1.82, 2.24) is 14.7 Å². The van der Waals surface area contributed by atoms with Crippen molar-refractivity contribution in [2.75, 3.05) is 20.7 Å². The molecule has 1 aromatic carbocycles. The molecule has 122 valence electrons. The number of hydrogen-bond donors (Lipinski definition) is 0. The maximum atomic E-state index is 12.1. The first-order valence-electron chi connectivity index (χ1n) is 7.04. The second-order valence-corrected chi connectivity index (χ2v) is 5.62. The Morgan fingerprint density at radius 1 is 1.26 bits per heavy atom. The average Bonchev–Trinajstić information content (AvgIpc) is 2.79. The molecule has 1 aromatic heterocycles. The Bertz CT molecular complexity index is 711. The van der Waals surface area contributed by atoms with Crippen molar-refractivity contribution in [3.05, 3.63) is 52.3 Å². The summed E-state index contributed by atoms with van der Waals surface area (Å²) in [6.45, 7) is 1.80. The number of aryl methyl sites for hydroxylation is 1. The third kappa shape index (κ3) is 4.10. The van der Waals surface area contributed by atoms with E-state index in [1.807, 2.05) is 30.3 Å². The lowest BCUT2D eigenvalue weighted by atomic mass is 10.2. The van der Waals surface area contributed by atoms with Crippen LogP contribution in [-0.2, 0) is 16.1 Å². The SMILES string of the molecule is Cc1nn(Cc2ccccc2)c(Cl)c1C(=O)OCC(=O)N(C)C. The van der Waals surface area contributed by atoms with Gasteiger partial charge in [0.2, 0.25) is 0 Å². The zero-order chi connectivity index (χ0) is 17.0. The van der Waals surface area contributed by atoms with Crippen LogP contribution in [0, 0.1) is 6.92 Å². The number of amides is 1. The fourth-order valence-corrected chi connectivity index (χ4v) is 2.29. The normalized spacial score (nSPS) is 10.4. The Kier molecular flexibility index (Phi) is 5.39. The summed E-state index contributed by atoms with van der Waals surface area (Å²) in [6, 6.07) is 9.65. The molecule has 2 rings (SSSR count). The summed E-state index contributed by atoms with van der Waals surface area (Å²) in [5, 5.41) is 4.48. The summed E-state index contributed by atoms with van der Waals surface area (Å²) in [5.41, 5.74) is 1.67. The van der Waals surface area contributed by atoms with Crippen LogP contribution in [0.1, 0.15) is 21.6 Å². The number of ether oxygens (including phenoxy) is 1. The maximum Gasteiger partial charge on any atom is 0.343 e. The minimum atomic E-state index is -0.651. The van der Waals surface area contributed by atoms with E-state index in [-0.39, 0.29) is 23.2 Å². The highest BCUT2D eigenvalue weighted by atomic mass is 35.5. The second kappa shape index (κ2) is 7.28. The fourth-order valence-electron chi connectivity index (χ4n) is 1.97. The zero-order valence-electron chi connectivity index (χ0n) is 13.2. The lowest BCUT2D eigenvalue weighted by Crippen LogP contribution is -2.27. The molecule has 1 amide bonds. The first kappa shape index (κ1) is 17.0. The standard InChI is InChI=1S/C16H18ClN3O3/c1-11-14(16(22)23-10-13(21)19(2)3)15(17)20(18-11)9-12-7-5-4-6-8-12/h4-8H,9-10H2,1-3H3. The lowest BCUT2D eigenvalue weighted by molar-refractivity contribution is -0.131. The molecule has 1 heterocycles. The molecule has 0 aliphatic carbocycles. The first-order valence-corrected chi connectivity index (χ1v) is 7.42. The van der Waals surface area contributed by atoms with Crippen molar-refractivity contribution >= 4 is 23.5 Å². The van der Waals surface area contributed by atoms with Crippen molar-refractivity contribution in [2.24, 2.45) is 0 Å². The number of carbonyl (C=O) groups excluding carboxylic acids is 2. The van der Waals surface area contributed by atoms with E-state index in [0.717, 1.165) is 5.56 Å². The van der Waals surface area contributed by atoms with Gasteiger partial charge in [0.05, 0.1) is 12.2 Å². The quantitative estimate of drug-likeness (QED) is 0.785. The van der Waals surface area contributed by atoms with Crippen LogP contribution in [0.3, 0.4) is 0 Å². The summed E-state index contributed by atoms with van der Waals surface area (Å²) in [7, 11) is 3.18. The van der Waals surface area contributed by atoms with Crippen molar-refractivity contribution in [3.8, 4) is 0 Å². The molecular formula is C16H18ClN3O3. The first-order chi connectivity index (χ1) is 10.9. The van der Waals surface area contributed by atoms with E-state index < -0.39 is 5.97 Å². The molecule has 0 spiro atoms. The molecule has 7 heteroatoms. The van der Waals surface area contributed by atoms with Crippen LogP contribution >= 0.6 is 11.6 Å². The smallest absolute Gasteiger partial charge is 0.343 e. The van der Waals surface area contributed by atoms with Gasteiger partial charge >= 0.3 is 5.97 Å². The van der Waals surface area contributed by atoms with Crippen LogP contribution in [-0.4, -0.2) is 47.3 Å². The highest BCUT2D eigenvalue weighted by Gasteiger charge is 2.22. The molecule has 0 bridgehead atoms. The predicted octanol–water partition coefficient (Wildman–Crippen LogP) is 2.14. The molecule has 0 saturated heterocycles. The van der Waals surface area contributed by atoms with Gasteiger partial charge in [0.25, 0.3) is 5.91 Å². The number of rotatable bonds is 5. The number of carbonyl (C=O) groups is 2. The average molecular weight is 336 g/mol. The van der Waals surface area contributed by atoms with E-state index in [4.69, 9.17) is 16.3 Å². The maximum absolute atomic E-state index is 12.1. The van der Waals surface area contributed by atoms with Gasteiger partial charge in [-0.25, -0.2) is 9.48 Å². The summed E-state index contributed by atoms with van der Waals surface area (Å²) >= 11 is 6.26. The number of hydrogen-bond acceptors (Lipinski definition) is 4. The van der Waals surface area contributed by atoms with Gasteiger partial charge < -0.3 is 9.64 Å². The van der Waals surface area contributed by atoms with Gasteiger partial charge in [-0.2, -0.15) is 5.10 Å². The summed E-state index contributed by atoms with van der Waals surface area (Å²) < 4.78 is 6.55. The van der Waals surface area contributed by atoms with Crippen LogP contribution in [0.4, 0.5) is 0 Å². The molecule has 2 aromatic rings. The molecule has 0 radical (unpaired) electrons. The van der Waals surface area contributed by atoms with Crippen LogP contribution in [0.15, 0.2) is 30.3 Å². The van der Waals surface area contributed by atoms with Crippen LogP contribution in [0.25, 0.3) is 0 Å². The molecule has 0 N–H and O–H groups in total. The molecule has 6 nitrogen and oxygen atoms in total. The number of aromatic nitrogens is 2. The summed E-state index contributed by atoms with van der Waals surface area (Å²) in [5.74, 6) is -0.953. The van der Waals surface area contributed by atoms with E-state index in [1.54, 1.807) is 21.0 Å². The molecule has 0 aliphatic rings. The van der Waals surface area contributed by atoms with Crippen LogP contribution in [0.2, 0.25) is 5.15 Å². The summed E-state index contributed by atoms with van der Waals surface area (Å²) in [4.78, 5) is 25.0. The van der Waals surface area contributed by atoms with Crippen molar-refractivity contribution in [3.63, 3.8) is 0 Å². The molecular weight excluding hydrogens is 318 g/mol. The Morgan fingerprint density at radius 2 is 1.91 bits per heavy atom. The largest absolute Gasteiger partial charge is 0.452 e. The van der Waals surface area contributed by atoms with Crippen LogP contribution < -0.4 is 0 Å². The number of likely N-dealkylation sites (N-methyl/N-ethyl adjacent to an activating group) is 1. The van der Waals surface area contributed by atoms with Crippen molar-refractivity contribution in [2.45, 2.75) is 13.5 Å². The van der Waals surface area contributed by atoms with Gasteiger partial charge in [-0.15, -0.1) is 0 Å². The Labute approximate surface area is 139 Å². The van der Waals surface area contributed by atoms with Gasteiger partial charge in [-0.1, -0.05) is 41.9 Å². The van der Waals surface area contributed by atoms with E-state index in [9.17, 15) is 9.59 Å². The van der Waals surface area contributed by atoms with E-state index in [1.165, 1.54) is 9.58 Å². The van der Waals surface area contributed by atoms with E-state index in [0.29, 0.717) is 12.2 Å². The summed E-state index contributed by atoms with van der Waals surface area (Å²) in [6.07, 6.45) is 0. The lowest BCUT2D eigenvalue weighted by Gasteiger charge is -2.10. The molecule has 0 atom stereocenters. The van der Waals surface area contributed by atoms with Crippen molar-refractivity contribution < 1.29 is 14.3 Å². The Morgan fingerprint density at radius 3 is 2.52 bits per heavy atom. The highest BCUT2D eigenvalue weighted by molar-refractivity contribution is 6.32. The van der Waals surface area contributed by atoms with Crippen LogP contribution in [0.5, 0.6) is 0 Å². The van der Waals surface area contributed by atoms with E-state index >= 15 is 0 Å². The minimum absolute atomic E-state index is 0.189.